The molecule has 0 saturated carbocycles. The van der Waals surface area contributed by atoms with E-state index >= 15 is 0 Å². The zero-order chi connectivity index (χ0) is 15.2. The number of halogens is 1. The second kappa shape index (κ2) is 7.16. The number of aromatic nitrogens is 1. The fourth-order valence-electron chi connectivity index (χ4n) is 2.00. The van der Waals surface area contributed by atoms with Gasteiger partial charge in [-0.25, -0.2) is 4.21 Å². The fourth-order valence-corrected chi connectivity index (χ4v) is 2.71. The van der Waals surface area contributed by atoms with Gasteiger partial charge in [-0.3, -0.25) is 4.98 Å². The molecular formula is C16H13ClN2OS. The third kappa shape index (κ3) is 3.57. The molecular weight excluding hydrogens is 304 g/mol. The summed E-state index contributed by atoms with van der Waals surface area (Å²) in [5.74, 6) is 0. The normalized spacial score (nSPS) is 9.95. The highest BCUT2D eigenvalue weighted by Crippen LogP contribution is 2.25. The van der Waals surface area contributed by atoms with E-state index in [4.69, 9.17) is 16.9 Å². The molecule has 0 amide bonds. The van der Waals surface area contributed by atoms with E-state index in [1.165, 1.54) is 0 Å². The van der Waals surface area contributed by atoms with Crippen LogP contribution in [0.25, 0.3) is 11.1 Å². The molecule has 0 unspecified atom stereocenters. The van der Waals surface area contributed by atoms with Gasteiger partial charge in [-0.05, 0) is 30.2 Å². The van der Waals surface area contributed by atoms with Gasteiger partial charge in [0.2, 0.25) is 0 Å². The molecule has 106 valence electrons. The number of benzene rings is 1. The quantitative estimate of drug-likeness (QED) is 0.636. The molecule has 1 aromatic heterocycles. The lowest BCUT2D eigenvalue weighted by Crippen LogP contribution is -2.01. The standard InChI is InChI=1S/C16H13ClN2OS/c1-2-3-16(21-20)14-6-13(9-19-10-14)11-4-5-12(8-18)15(17)7-11/h4-7,9-10H,2-3H2,1H3. The number of hydrogen-bond donors (Lipinski definition) is 0. The lowest BCUT2D eigenvalue weighted by atomic mass is 10.0. The fraction of sp³-hybridized carbons (Fsp3) is 0.188. The van der Waals surface area contributed by atoms with E-state index in [-0.39, 0.29) is 0 Å². The van der Waals surface area contributed by atoms with Crippen LogP contribution in [0.15, 0.2) is 36.7 Å². The van der Waals surface area contributed by atoms with E-state index in [1.54, 1.807) is 24.5 Å². The van der Waals surface area contributed by atoms with Crippen molar-refractivity contribution < 1.29 is 4.21 Å². The van der Waals surface area contributed by atoms with Gasteiger partial charge in [-0.1, -0.05) is 31.0 Å². The van der Waals surface area contributed by atoms with Gasteiger partial charge < -0.3 is 0 Å². The third-order valence-electron chi connectivity index (χ3n) is 3.06. The Morgan fingerprint density at radius 3 is 2.76 bits per heavy atom. The molecule has 0 atom stereocenters. The van der Waals surface area contributed by atoms with Gasteiger partial charge in [-0.2, -0.15) is 5.26 Å². The van der Waals surface area contributed by atoms with Crippen LogP contribution in [-0.4, -0.2) is 14.1 Å². The summed E-state index contributed by atoms with van der Waals surface area (Å²) >= 11 is 6.57. The number of pyridine rings is 1. The topological polar surface area (TPSA) is 53.8 Å². The molecule has 3 nitrogen and oxygen atoms in total. The van der Waals surface area contributed by atoms with Gasteiger partial charge in [0, 0.05) is 23.5 Å². The summed E-state index contributed by atoms with van der Waals surface area (Å²) < 4.78 is 11.2. The predicted octanol–water partition coefficient (Wildman–Crippen LogP) is 3.81. The van der Waals surface area contributed by atoms with Crippen LogP contribution in [0.1, 0.15) is 30.9 Å². The molecule has 1 aromatic carbocycles. The van der Waals surface area contributed by atoms with Crippen molar-refractivity contribution in [2.24, 2.45) is 0 Å². The van der Waals surface area contributed by atoms with E-state index < -0.39 is 0 Å². The van der Waals surface area contributed by atoms with Crippen LogP contribution in [0.5, 0.6) is 0 Å². The van der Waals surface area contributed by atoms with Crippen LogP contribution in [0.4, 0.5) is 0 Å². The van der Waals surface area contributed by atoms with Crippen molar-refractivity contribution >= 4 is 27.7 Å². The van der Waals surface area contributed by atoms with Crippen LogP contribution < -0.4 is 0 Å². The van der Waals surface area contributed by atoms with E-state index in [0.717, 1.165) is 34.4 Å². The number of hydrogen-bond acceptors (Lipinski definition) is 3. The van der Waals surface area contributed by atoms with Gasteiger partial charge in [0.15, 0.2) is 0 Å². The molecule has 0 bridgehead atoms. The highest BCUT2D eigenvalue weighted by Gasteiger charge is 2.07. The van der Waals surface area contributed by atoms with Crippen molar-refractivity contribution in [3.8, 4) is 17.2 Å². The van der Waals surface area contributed by atoms with Crippen LogP contribution in [0, 0.1) is 11.3 Å². The predicted molar refractivity (Wildman–Crippen MR) is 86.6 cm³/mol. The summed E-state index contributed by atoms with van der Waals surface area (Å²) in [7, 11) is 0. The summed E-state index contributed by atoms with van der Waals surface area (Å²) in [5, 5.41) is 9.31. The zero-order valence-corrected chi connectivity index (χ0v) is 13.0. The minimum atomic E-state index is 0.413. The second-order valence-corrected chi connectivity index (χ2v) is 5.59. The van der Waals surface area contributed by atoms with Crippen molar-refractivity contribution in [1.82, 2.24) is 4.98 Å². The van der Waals surface area contributed by atoms with Crippen molar-refractivity contribution in [2.75, 3.05) is 0 Å². The van der Waals surface area contributed by atoms with Crippen LogP contribution in [0.3, 0.4) is 0 Å². The van der Waals surface area contributed by atoms with E-state index in [0.29, 0.717) is 21.8 Å². The summed E-state index contributed by atoms with van der Waals surface area (Å²) in [6.07, 6.45) is 5.08. The molecule has 0 radical (unpaired) electrons. The molecule has 2 aromatic rings. The van der Waals surface area contributed by atoms with Gasteiger partial charge in [0.05, 0.1) is 26.7 Å². The summed E-state index contributed by atoms with van der Waals surface area (Å²) in [6, 6.07) is 9.22. The largest absolute Gasteiger partial charge is 0.263 e. The molecule has 0 aliphatic rings. The van der Waals surface area contributed by atoms with Gasteiger partial charge in [0.1, 0.15) is 6.07 Å². The molecule has 0 spiro atoms. The molecule has 0 aliphatic heterocycles. The Morgan fingerprint density at radius 1 is 1.33 bits per heavy atom. The van der Waals surface area contributed by atoms with Crippen LogP contribution >= 0.6 is 11.6 Å². The minimum Gasteiger partial charge on any atom is -0.263 e. The Kier molecular flexibility index (Phi) is 5.26. The van der Waals surface area contributed by atoms with Crippen molar-refractivity contribution in [1.29, 1.82) is 5.26 Å². The summed E-state index contributed by atoms with van der Waals surface area (Å²) in [6.45, 7) is 2.04. The molecule has 5 heteroatoms. The molecule has 0 saturated heterocycles. The maximum atomic E-state index is 11.2. The maximum Gasteiger partial charge on any atom is 0.101 e. The van der Waals surface area contributed by atoms with Gasteiger partial charge in [0.25, 0.3) is 0 Å². The molecule has 0 N–H and O–H groups in total. The van der Waals surface area contributed by atoms with Crippen molar-refractivity contribution in [3.05, 3.63) is 52.8 Å². The number of rotatable bonds is 4. The molecule has 21 heavy (non-hydrogen) atoms. The highest BCUT2D eigenvalue weighted by molar-refractivity contribution is 7.67. The highest BCUT2D eigenvalue weighted by atomic mass is 35.5. The lowest BCUT2D eigenvalue weighted by Gasteiger charge is -2.06. The van der Waals surface area contributed by atoms with Crippen molar-refractivity contribution in [3.63, 3.8) is 0 Å². The third-order valence-corrected chi connectivity index (χ3v) is 4.01. The summed E-state index contributed by atoms with van der Waals surface area (Å²) in [5.41, 5.74) is 3.04. The first-order valence-electron chi connectivity index (χ1n) is 6.50. The van der Waals surface area contributed by atoms with Crippen LogP contribution in [0.2, 0.25) is 5.02 Å². The Hall–Kier alpha value is -1.96. The Bertz CT molecular complexity index is 761. The van der Waals surface area contributed by atoms with E-state index in [1.807, 2.05) is 25.1 Å². The molecule has 1 heterocycles. The molecule has 0 aliphatic carbocycles. The Balaban J connectivity index is 2.44. The van der Waals surface area contributed by atoms with Crippen molar-refractivity contribution in [2.45, 2.75) is 19.8 Å². The minimum absolute atomic E-state index is 0.413. The maximum absolute atomic E-state index is 11.2. The first kappa shape index (κ1) is 15.4. The van der Waals surface area contributed by atoms with Gasteiger partial charge in [-0.15, -0.1) is 0 Å². The second-order valence-electron chi connectivity index (χ2n) is 4.53. The van der Waals surface area contributed by atoms with E-state index in [9.17, 15) is 4.21 Å². The molecule has 0 fully saturated rings. The monoisotopic (exact) mass is 316 g/mol. The zero-order valence-electron chi connectivity index (χ0n) is 11.5. The number of nitrogens with zero attached hydrogens (tertiary/aromatic N) is 2. The Labute approximate surface area is 132 Å². The molecule has 2 rings (SSSR count). The average molecular weight is 317 g/mol. The SMILES string of the molecule is CCCC(=S=O)c1cncc(-c2ccc(C#N)c(Cl)c2)c1. The number of nitriles is 1. The first-order chi connectivity index (χ1) is 10.2. The van der Waals surface area contributed by atoms with E-state index in [2.05, 4.69) is 4.98 Å². The lowest BCUT2D eigenvalue weighted by molar-refractivity contribution is 0.700. The first-order valence-corrected chi connectivity index (χ1v) is 7.62. The Morgan fingerprint density at radius 2 is 2.14 bits per heavy atom. The smallest absolute Gasteiger partial charge is 0.101 e. The van der Waals surface area contributed by atoms with Crippen LogP contribution in [-0.2, 0) is 11.3 Å². The van der Waals surface area contributed by atoms with Gasteiger partial charge >= 0.3 is 0 Å². The summed E-state index contributed by atoms with van der Waals surface area (Å²) in [4.78, 5) is 4.99. The average Bonchev–Trinajstić information content (AvgIpc) is 2.52.